The van der Waals surface area contributed by atoms with Gasteiger partial charge in [0.2, 0.25) is 5.84 Å². The van der Waals surface area contributed by atoms with Crippen LogP contribution >= 0.6 is 11.6 Å². The summed E-state index contributed by atoms with van der Waals surface area (Å²) in [5, 5.41) is 11.3. The number of amidine groups is 1. The lowest BCUT2D eigenvalue weighted by Gasteiger charge is -2.17. The zero-order valence-corrected chi connectivity index (χ0v) is 19.4. The van der Waals surface area contributed by atoms with Crippen LogP contribution < -0.4 is 5.56 Å². The molecule has 0 radical (unpaired) electrons. The number of nitriles is 1. The molecule has 4 heterocycles. The Labute approximate surface area is 199 Å². The van der Waals surface area contributed by atoms with E-state index < -0.39 is 6.23 Å². The van der Waals surface area contributed by atoms with Crippen LogP contribution in [0.3, 0.4) is 0 Å². The van der Waals surface area contributed by atoms with Gasteiger partial charge in [0.15, 0.2) is 6.23 Å². The molecule has 0 bridgehead atoms. The SMILES string of the molecule is CON1OC(C(C)C)N=C1c1ncn2c1c(=O)n(Cc1ccccn1)c1c(C#N)c(Cl)ccc12. The number of fused-ring (bicyclic) bond motifs is 3. The van der Waals surface area contributed by atoms with Crippen LogP contribution in [0.15, 0.2) is 52.6 Å². The first-order valence-corrected chi connectivity index (χ1v) is 10.9. The summed E-state index contributed by atoms with van der Waals surface area (Å²) < 4.78 is 3.13. The predicted octanol–water partition coefficient (Wildman–Crippen LogP) is 3.15. The number of rotatable bonds is 5. The van der Waals surface area contributed by atoms with Crippen LogP contribution in [0.5, 0.6) is 0 Å². The number of halogens is 1. The summed E-state index contributed by atoms with van der Waals surface area (Å²) in [6.45, 7) is 4.07. The molecule has 1 aromatic carbocycles. The highest BCUT2D eigenvalue weighted by atomic mass is 35.5. The lowest BCUT2D eigenvalue weighted by molar-refractivity contribution is -0.313. The molecule has 3 aromatic heterocycles. The third-order valence-corrected chi connectivity index (χ3v) is 5.90. The standard InChI is InChI=1S/C23H20ClN7O3/c1-13(2)22-28-21(31(33-3)34-22)18-20-23(32)29(11-14-6-4-5-9-26-14)19-15(10-25)16(24)7-8-17(19)30(20)12-27-18/h4-9,12-13,22H,11H2,1-3H3. The second kappa shape index (κ2) is 8.53. The Bertz CT molecular complexity index is 1540. The third-order valence-electron chi connectivity index (χ3n) is 5.58. The van der Waals surface area contributed by atoms with Gasteiger partial charge in [-0.05, 0) is 24.3 Å². The van der Waals surface area contributed by atoms with Gasteiger partial charge in [0, 0.05) is 12.1 Å². The average Bonchev–Trinajstić information content (AvgIpc) is 3.47. The van der Waals surface area contributed by atoms with Crippen molar-refractivity contribution in [3.8, 4) is 6.07 Å². The fraction of sp³-hybridized carbons (Fsp3) is 0.261. The molecule has 1 aliphatic heterocycles. The number of benzene rings is 1. The minimum atomic E-state index is -0.480. The van der Waals surface area contributed by atoms with E-state index in [2.05, 4.69) is 21.0 Å². The van der Waals surface area contributed by atoms with E-state index in [9.17, 15) is 10.1 Å². The second-order valence-electron chi connectivity index (χ2n) is 8.06. The molecular formula is C23H20ClN7O3. The molecule has 0 amide bonds. The molecule has 0 saturated carbocycles. The van der Waals surface area contributed by atoms with Crippen LogP contribution in [0.2, 0.25) is 5.02 Å². The maximum atomic E-state index is 13.9. The Hall–Kier alpha value is -3.78. The largest absolute Gasteiger partial charge is 0.298 e. The molecule has 1 aliphatic rings. The molecule has 0 aliphatic carbocycles. The molecule has 0 fully saturated rings. The summed E-state index contributed by atoms with van der Waals surface area (Å²) in [7, 11) is 1.45. The number of aromatic nitrogens is 4. The number of hydrogen-bond acceptors (Lipinski definition) is 8. The lowest BCUT2D eigenvalue weighted by Crippen LogP contribution is -2.30. The molecular weight excluding hydrogens is 458 g/mol. The van der Waals surface area contributed by atoms with E-state index >= 15 is 0 Å². The van der Waals surface area contributed by atoms with Crippen molar-refractivity contribution >= 4 is 34.0 Å². The molecule has 11 heteroatoms. The normalized spacial score (nSPS) is 15.9. The van der Waals surface area contributed by atoms with Crippen LogP contribution in [-0.2, 0) is 16.2 Å². The zero-order valence-electron chi connectivity index (χ0n) is 18.6. The molecule has 5 rings (SSSR count). The van der Waals surface area contributed by atoms with Gasteiger partial charge >= 0.3 is 0 Å². The van der Waals surface area contributed by atoms with Gasteiger partial charge in [-0.15, -0.1) is 5.23 Å². The fourth-order valence-electron chi connectivity index (χ4n) is 3.95. The molecule has 0 spiro atoms. The Morgan fingerprint density at radius 2 is 2.06 bits per heavy atom. The summed E-state index contributed by atoms with van der Waals surface area (Å²) >= 11 is 6.34. The first-order chi connectivity index (χ1) is 16.4. The first kappa shape index (κ1) is 22.0. The van der Waals surface area contributed by atoms with Gasteiger partial charge in [-0.3, -0.25) is 23.6 Å². The highest BCUT2D eigenvalue weighted by molar-refractivity contribution is 6.32. The van der Waals surface area contributed by atoms with Gasteiger partial charge < -0.3 is 0 Å². The number of aliphatic imine (C=N–C) groups is 1. The monoisotopic (exact) mass is 477 g/mol. The number of pyridine rings is 1. The van der Waals surface area contributed by atoms with E-state index in [0.717, 1.165) is 0 Å². The van der Waals surface area contributed by atoms with E-state index in [1.165, 1.54) is 23.2 Å². The van der Waals surface area contributed by atoms with E-state index in [-0.39, 0.29) is 34.1 Å². The average molecular weight is 478 g/mol. The van der Waals surface area contributed by atoms with Crippen LogP contribution in [-0.4, -0.2) is 43.3 Å². The smallest absolute Gasteiger partial charge is 0.278 e. The Kier molecular flexibility index (Phi) is 5.53. The van der Waals surface area contributed by atoms with Crippen molar-refractivity contribution < 1.29 is 9.68 Å². The maximum Gasteiger partial charge on any atom is 0.278 e. The van der Waals surface area contributed by atoms with Gasteiger partial charge in [0.25, 0.3) is 5.56 Å². The summed E-state index contributed by atoms with van der Waals surface area (Å²) in [5.41, 5.74) is 2.04. The Morgan fingerprint density at radius 1 is 1.24 bits per heavy atom. The first-order valence-electron chi connectivity index (χ1n) is 10.6. The van der Waals surface area contributed by atoms with E-state index in [0.29, 0.717) is 28.3 Å². The second-order valence-corrected chi connectivity index (χ2v) is 8.47. The highest BCUT2D eigenvalue weighted by Crippen LogP contribution is 2.28. The molecule has 10 nitrogen and oxygen atoms in total. The predicted molar refractivity (Wildman–Crippen MR) is 125 cm³/mol. The lowest BCUT2D eigenvalue weighted by atomic mass is 10.1. The fourth-order valence-corrected chi connectivity index (χ4v) is 4.14. The van der Waals surface area contributed by atoms with E-state index in [1.54, 1.807) is 28.8 Å². The molecule has 1 atom stereocenters. The molecule has 34 heavy (non-hydrogen) atoms. The van der Waals surface area contributed by atoms with Gasteiger partial charge in [-0.1, -0.05) is 31.5 Å². The topological polar surface area (TPSA) is 110 Å². The van der Waals surface area contributed by atoms with E-state index in [1.807, 2.05) is 26.0 Å². The minimum Gasteiger partial charge on any atom is -0.298 e. The van der Waals surface area contributed by atoms with Crippen LogP contribution in [0.1, 0.15) is 30.8 Å². The summed E-state index contributed by atoms with van der Waals surface area (Å²) in [6, 6.07) is 11.0. The molecule has 1 unspecified atom stereocenters. The van der Waals surface area contributed by atoms with Crippen LogP contribution in [0.4, 0.5) is 0 Å². The highest BCUT2D eigenvalue weighted by Gasteiger charge is 2.34. The van der Waals surface area contributed by atoms with Gasteiger partial charge in [0.1, 0.15) is 23.6 Å². The Balaban J connectivity index is 1.84. The Morgan fingerprint density at radius 3 is 2.74 bits per heavy atom. The van der Waals surface area contributed by atoms with Crippen molar-refractivity contribution in [2.75, 3.05) is 7.11 Å². The number of imidazole rings is 1. The molecule has 0 saturated heterocycles. The van der Waals surface area contributed by atoms with Crippen LogP contribution in [0.25, 0.3) is 16.6 Å². The molecule has 0 N–H and O–H groups in total. The molecule has 4 aromatic rings. The number of hydrogen-bond donors (Lipinski definition) is 0. The third kappa shape index (κ3) is 3.42. The van der Waals surface area contributed by atoms with E-state index in [4.69, 9.17) is 21.3 Å². The van der Waals surface area contributed by atoms with Gasteiger partial charge in [-0.25, -0.2) is 14.8 Å². The van der Waals surface area contributed by atoms with Gasteiger partial charge in [-0.2, -0.15) is 5.26 Å². The maximum absolute atomic E-state index is 13.9. The van der Waals surface area contributed by atoms with Crippen molar-refractivity contribution in [3.05, 3.63) is 75.2 Å². The molecule has 172 valence electrons. The quantitative estimate of drug-likeness (QED) is 0.434. The summed E-state index contributed by atoms with van der Waals surface area (Å²) in [6.07, 6.45) is 2.69. The van der Waals surface area contributed by atoms with Crippen molar-refractivity contribution in [3.63, 3.8) is 0 Å². The summed E-state index contributed by atoms with van der Waals surface area (Å²) in [5.74, 6) is 0.366. The zero-order chi connectivity index (χ0) is 24.0. The van der Waals surface area contributed by atoms with Crippen LogP contribution in [0, 0.1) is 17.2 Å². The van der Waals surface area contributed by atoms with Crippen molar-refractivity contribution in [2.24, 2.45) is 10.9 Å². The minimum absolute atomic E-state index is 0.0750. The summed E-state index contributed by atoms with van der Waals surface area (Å²) in [4.78, 5) is 38.5. The number of hydroxylamine groups is 2. The van der Waals surface area contributed by atoms with Crippen molar-refractivity contribution in [2.45, 2.75) is 26.6 Å². The van der Waals surface area contributed by atoms with Gasteiger partial charge in [0.05, 0.1) is 41.0 Å². The van der Waals surface area contributed by atoms with Crippen molar-refractivity contribution in [1.29, 1.82) is 5.26 Å². The van der Waals surface area contributed by atoms with Crippen molar-refractivity contribution in [1.82, 2.24) is 24.2 Å². The number of nitrogens with zero attached hydrogens (tertiary/aromatic N) is 7.